The molecule has 1 saturated heterocycles. The molecule has 2 rings (SSSR count). The molecule has 6 heteroatoms. The molecule has 1 N–H and O–H groups in total. The van der Waals surface area contributed by atoms with Crippen LogP contribution >= 0.6 is 0 Å². The predicted molar refractivity (Wildman–Crippen MR) is 94.1 cm³/mol. The van der Waals surface area contributed by atoms with Crippen LogP contribution in [0.1, 0.15) is 31.4 Å². The zero-order valence-corrected chi connectivity index (χ0v) is 15.0. The van der Waals surface area contributed by atoms with Gasteiger partial charge in [0.25, 0.3) is 0 Å². The average Bonchev–Trinajstić information content (AvgIpc) is 2.62. The minimum absolute atomic E-state index is 0.0537. The number of methoxy groups -OCH3 is 2. The van der Waals surface area contributed by atoms with E-state index in [1.807, 2.05) is 0 Å². The van der Waals surface area contributed by atoms with Gasteiger partial charge in [0.2, 0.25) is 5.91 Å². The molecule has 0 bridgehead atoms. The normalized spacial score (nSPS) is 16.8. The van der Waals surface area contributed by atoms with E-state index in [-0.39, 0.29) is 11.8 Å². The highest BCUT2D eigenvalue weighted by Crippen LogP contribution is 2.32. The number of nitrogens with zero attached hydrogens (tertiary/aromatic N) is 1. The number of nitrogens with one attached hydrogen (secondary N) is 1. The Morgan fingerprint density at radius 2 is 1.96 bits per heavy atom. The highest BCUT2D eigenvalue weighted by molar-refractivity contribution is 5.79. The van der Waals surface area contributed by atoms with Gasteiger partial charge in [-0.05, 0) is 38.9 Å². The standard InChI is InChI=1S/C19H25FN2O3/c1-5-8-22-9-6-14(7-10-22)19(23)21-13(2)15-11-17(24-3)18(25-4)12-16(15)20/h1,11-14H,6-10H2,2-4H3,(H,21,23)/t13-/m0/s1. The first-order valence-electron chi connectivity index (χ1n) is 8.37. The summed E-state index contributed by atoms with van der Waals surface area (Å²) in [6, 6.07) is 2.38. The molecule has 1 atom stereocenters. The Kier molecular flexibility index (Phi) is 6.65. The van der Waals surface area contributed by atoms with Crippen molar-refractivity contribution in [1.82, 2.24) is 10.2 Å². The Hall–Kier alpha value is -2.26. The maximum absolute atomic E-state index is 14.3. The first-order valence-corrected chi connectivity index (χ1v) is 8.37. The fraction of sp³-hybridized carbons (Fsp3) is 0.526. The van der Waals surface area contributed by atoms with Crippen molar-refractivity contribution in [2.75, 3.05) is 33.9 Å². The lowest BCUT2D eigenvalue weighted by Gasteiger charge is -2.30. The molecule has 0 unspecified atom stereocenters. The van der Waals surface area contributed by atoms with Gasteiger partial charge < -0.3 is 14.8 Å². The summed E-state index contributed by atoms with van der Waals surface area (Å²) in [5.74, 6) is 2.82. The number of carbonyl (C=O) groups excluding carboxylic acids is 1. The van der Waals surface area contributed by atoms with E-state index < -0.39 is 11.9 Å². The summed E-state index contributed by atoms with van der Waals surface area (Å²) < 4.78 is 24.6. The number of ether oxygens (including phenoxy) is 2. The summed E-state index contributed by atoms with van der Waals surface area (Å²) in [5, 5.41) is 2.91. The largest absolute Gasteiger partial charge is 0.493 e. The van der Waals surface area contributed by atoms with E-state index in [2.05, 4.69) is 16.1 Å². The Morgan fingerprint density at radius 1 is 1.36 bits per heavy atom. The highest BCUT2D eigenvalue weighted by Gasteiger charge is 2.26. The average molecular weight is 348 g/mol. The van der Waals surface area contributed by atoms with Crippen molar-refractivity contribution in [3.8, 4) is 23.8 Å². The number of rotatable bonds is 6. The van der Waals surface area contributed by atoms with Gasteiger partial charge in [0.15, 0.2) is 11.5 Å². The van der Waals surface area contributed by atoms with Crippen molar-refractivity contribution in [3.05, 3.63) is 23.5 Å². The summed E-state index contributed by atoms with van der Waals surface area (Å²) in [4.78, 5) is 14.6. The van der Waals surface area contributed by atoms with Crippen LogP contribution in [0.3, 0.4) is 0 Å². The molecule has 5 nitrogen and oxygen atoms in total. The topological polar surface area (TPSA) is 50.8 Å². The molecule has 1 aliphatic rings. The molecule has 1 amide bonds. The van der Waals surface area contributed by atoms with Gasteiger partial charge in [0, 0.05) is 17.5 Å². The predicted octanol–water partition coefficient (Wildman–Crippen LogP) is 2.37. The summed E-state index contributed by atoms with van der Waals surface area (Å²) in [5.41, 5.74) is 0.371. The molecule has 0 aromatic heterocycles. The first-order chi connectivity index (χ1) is 12.0. The van der Waals surface area contributed by atoms with Gasteiger partial charge >= 0.3 is 0 Å². The van der Waals surface area contributed by atoms with Crippen LogP contribution in [0.5, 0.6) is 11.5 Å². The highest BCUT2D eigenvalue weighted by atomic mass is 19.1. The van der Waals surface area contributed by atoms with Crippen LogP contribution in [0.15, 0.2) is 12.1 Å². The second-order valence-electron chi connectivity index (χ2n) is 6.21. The van der Waals surface area contributed by atoms with E-state index in [0.717, 1.165) is 25.9 Å². The van der Waals surface area contributed by atoms with E-state index in [0.29, 0.717) is 23.6 Å². The molecule has 1 aliphatic heterocycles. The van der Waals surface area contributed by atoms with Crippen molar-refractivity contribution >= 4 is 5.91 Å². The van der Waals surface area contributed by atoms with Crippen LogP contribution in [-0.2, 0) is 4.79 Å². The van der Waals surface area contributed by atoms with Gasteiger partial charge in [-0.25, -0.2) is 4.39 Å². The van der Waals surface area contributed by atoms with Gasteiger partial charge in [-0.1, -0.05) is 5.92 Å². The number of hydrogen-bond donors (Lipinski definition) is 1. The van der Waals surface area contributed by atoms with Crippen molar-refractivity contribution in [3.63, 3.8) is 0 Å². The molecule has 25 heavy (non-hydrogen) atoms. The number of amides is 1. The third kappa shape index (κ3) is 4.64. The third-order valence-electron chi connectivity index (χ3n) is 4.60. The molecule has 136 valence electrons. The van der Waals surface area contributed by atoms with E-state index in [4.69, 9.17) is 15.9 Å². The second kappa shape index (κ2) is 8.72. The molecular weight excluding hydrogens is 323 g/mol. The minimum Gasteiger partial charge on any atom is -0.493 e. The smallest absolute Gasteiger partial charge is 0.223 e. The fourth-order valence-corrected chi connectivity index (χ4v) is 3.09. The van der Waals surface area contributed by atoms with Gasteiger partial charge in [-0.2, -0.15) is 0 Å². The Bertz CT molecular complexity index is 649. The number of terminal acetylenes is 1. The van der Waals surface area contributed by atoms with Crippen LogP contribution in [-0.4, -0.2) is 44.7 Å². The zero-order chi connectivity index (χ0) is 18.4. The molecule has 0 aliphatic carbocycles. The van der Waals surface area contributed by atoms with Gasteiger partial charge in [0.1, 0.15) is 5.82 Å². The first kappa shape index (κ1) is 19.1. The molecule has 1 aromatic rings. The lowest BCUT2D eigenvalue weighted by Crippen LogP contribution is -2.41. The van der Waals surface area contributed by atoms with Crippen LogP contribution in [0.25, 0.3) is 0 Å². The number of carbonyl (C=O) groups is 1. The molecule has 1 fully saturated rings. The fourth-order valence-electron chi connectivity index (χ4n) is 3.09. The minimum atomic E-state index is -0.462. The van der Waals surface area contributed by atoms with Gasteiger partial charge in [0.05, 0.1) is 26.8 Å². The lowest BCUT2D eigenvalue weighted by molar-refractivity contribution is -0.127. The monoisotopic (exact) mass is 348 g/mol. The van der Waals surface area contributed by atoms with Crippen LogP contribution in [0, 0.1) is 24.1 Å². The van der Waals surface area contributed by atoms with Crippen molar-refractivity contribution in [2.45, 2.75) is 25.8 Å². The summed E-state index contributed by atoms with van der Waals surface area (Å²) in [7, 11) is 2.95. The molecule has 0 radical (unpaired) electrons. The van der Waals surface area contributed by atoms with Gasteiger partial charge in [-0.3, -0.25) is 9.69 Å². The Balaban J connectivity index is 2.01. The number of benzene rings is 1. The quantitative estimate of drug-likeness (QED) is 0.802. The van der Waals surface area contributed by atoms with E-state index in [1.54, 1.807) is 13.0 Å². The SMILES string of the molecule is C#CCN1CCC(C(=O)N[C@@H](C)c2cc(OC)c(OC)cc2F)CC1. The van der Waals surface area contributed by atoms with E-state index in [1.165, 1.54) is 20.3 Å². The number of piperidine rings is 1. The molecule has 0 saturated carbocycles. The summed E-state index contributed by atoms with van der Waals surface area (Å²) >= 11 is 0. The Labute approximate surface area is 148 Å². The molecule has 1 aromatic carbocycles. The van der Waals surface area contributed by atoms with Gasteiger partial charge in [-0.15, -0.1) is 6.42 Å². The van der Waals surface area contributed by atoms with Crippen molar-refractivity contribution in [1.29, 1.82) is 0 Å². The van der Waals surface area contributed by atoms with Crippen LogP contribution < -0.4 is 14.8 Å². The Morgan fingerprint density at radius 3 is 2.52 bits per heavy atom. The zero-order valence-electron chi connectivity index (χ0n) is 15.0. The number of hydrogen-bond acceptors (Lipinski definition) is 4. The third-order valence-corrected chi connectivity index (χ3v) is 4.60. The maximum atomic E-state index is 14.3. The number of likely N-dealkylation sites (tertiary alicyclic amines) is 1. The van der Waals surface area contributed by atoms with Crippen LogP contribution in [0.2, 0.25) is 0 Å². The number of halogens is 1. The summed E-state index contributed by atoms with van der Waals surface area (Å²) in [6.07, 6.45) is 6.83. The summed E-state index contributed by atoms with van der Waals surface area (Å²) in [6.45, 7) is 3.99. The van der Waals surface area contributed by atoms with Crippen molar-refractivity contribution in [2.24, 2.45) is 5.92 Å². The van der Waals surface area contributed by atoms with Crippen LogP contribution in [0.4, 0.5) is 4.39 Å². The lowest BCUT2D eigenvalue weighted by atomic mass is 9.95. The second-order valence-corrected chi connectivity index (χ2v) is 6.21. The van der Waals surface area contributed by atoms with E-state index >= 15 is 0 Å². The van der Waals surface area contributed by atoms with E-state index in [9.17, 15) is 9.18 Å². The molecule has 0 spiro atoms. The molecular formula is C19H25FN2O3. The molecule has 1 heterocycles. The maximum Gasteiger partial charge on any atom is 0.223 e. The van der Waals surface area contributed by atoms with Crippen molar-refractivity contribution < 1.29 is 18.7 Å².